The van der Waals surface area contributed by atoms with Crippen molar-refractivity contribution in [3.8, 4) is 0 Å². The first kappa shape index (κ1) is 27.4. The summed E-state index contributed by atoms with van der Waals surface area (Å²) in [4.78, 5) is 0. The van der Waals surface area contributed by atoms with E-state index >= 15 is 0 Å². The maximum absolute atomic E-state index is 14.2. The second-order valence-electron chi connectivity index (χ2n) is 12.0. The zero-order valence-corrected chi connectivity index (χ0v) is 22.2. The molecule has 0 bridgehead atoms. The van der Waals surface area contributed by atoms with E-state index in [-0.39, 0.29) is 10.8 Å². The van der Waals surface area contributed by atoms with Gasteiger partial charge in [0.1, 0.15) is 0 Å². The normalized spacial score (nSPS) is 16.5. The molecule has 3 nitrogen and oxygen atoms in total. The SMILES string of the molecule is CCCC(CP(=O)(CNCc1ccccc1)OC(C)(C)C)C(C(C)(C)C)C(C)(C)C. The fourth-order valence-electron chi connectivity index (χ4n) is 5.40. The van der Waals surface area contributed by atoms with Crippen LogP contribution in [0.2, 0.25) is 0 Å². The lowest BCUT2D eigenvalue weighted by atomic mass is 9.61. The van der Waals surface area contributed by atoms with E-state index in [4.69, 9.17) is 4.52 Å². The van der Waals surface area contributed by atoms with Gasteiger partial charge in [-0.3, -0.25) is 4.57 Å². The zero-order valence-electron chi connectivity index (χ0n) is 21.3. The highest BCUT2D eigenvalue weighted by Gasteiger charge is 2.43. The van der Waals surface area contributed by atoms with Crippen LogP contribution in [0, 0.1) is 22.7 Å². The van der Waals surface area contributed by atoms with Crippen LogP contribution in [-0.2, 0) is 15.6 Å². The molecule has 1 rings (SSSR count). The standard InChI is InChI=1S/C26H48NO2P/c1-11-15-22(23(24(2,3)4)25(5,6)7)19-30(28,29-26(8,9)10)20-27-18-21-16-13-12-14-17-21/h12-14,16-17,22-23,27H,11,15,18-20H2,1-10H3. The van der Waals surface area contributed by atoms with Crippen LogP contribution in [-0.4, -0.2) is 18.0 Å². The van der Waals surface area contributed by atoms with Gasteiger partial charge in [-0.1, -0.05) is 85.2 Å². The topological polar surface area (TPSA) is 38.3 Å². The molecule has 0 aliphatic carbocycles. The number of hydrogen-bond acceptors (Lipinski definition) is 3. The van der Waals surface area contributed by atoms with Crippen LogP contribution in [0.3, 0.4) is 0 Å². The van der Waals surface area contributed by atoms with E-state index in [9.17, 15) is 4.57 Å². The minimum absolute atomic E-state index is 0.141. The predicted molar refractivity (Wildman–Crippen MR) is 132 cm³/mol. The summed E-state index contributed by atoms with van der Waals surface area (Å²) >= 11 is 0. The van der Waals surface area contributed by atoms with E-state index in [2.05, 4.69) is 65.9 Å². The van der Waals surface area contributed by atoms with Gasteiger partial charge in [-0.2, -0.15) is 0 Å². The van der Waals surface area contributed by atoms with Crippen LogP contribution in [0.5, 0.6) is 0 Å². The van der Waals surface area contributed by atoms with Gasteiger partial charge in [-0.15, -0.1) is 0 Å². The van der Waals surface area contributed by atoms with Crippen molar-refractivity contribution in [1.82, 2.24) is 5.32 Å². The summed E-state index contributed by atoms with van der Waals surface area (Å²) in [6.07, 6.45) is 3.23. The lowest BCUT2D eigenvalue weighted by Crippen LogP contribution is -2.40. The smallest absolute Gasteiger partial charge is 0.217 e. The average Bonchev–Trinajstić information content (AvgIpc) is 2.51. The highest BCUT2D eigenvalue weighted by Crippen LogP contribution is 2.56. The van der Waals surface area contributed by atoms with Crippen LogP contribution >= 0.6 is 7.37 Å². The molecular formula is C26H48NO2P. The highest BCUT2D eigenvalue weighted by molar-refractivity contribution is 7.59. The molecule has 0 saturated heterocycles. The first-order valence-electron chi connectivity index (χ1n) is 11.6. The highest BCUT2D eigenvalue weighted by atomic mass is 31.2. The summed E-state index contributed by atoms with van der Waals surface area (Å²) in [5.74, 6) is 0.817. The number of rotatable bonds is 10. The van der Waals surface area contributed by atoms with E-state index in [0.717, 1.165) is 12.8 Å². The van der Waals surface area contributed by atoms with E-state index < -0.39 is 13.0 Å². The van der Waals surface area contributed by atoms with E-state index in [1.807, 2.05) is 39.0 Å². The predicted octanol–water partition coefficient (Wildman–Crippen LogP) is 7.95. The van der Waals surface area contributed by atoms with Gasteiger partial charge < -0.3 is 9.84 Å². The molecule has 0 radical (unpaired) electrons. The quantitative estimate of drug-likeness (QED) is 0.377. The molecule has 174 valence electrons. The van der Waals surface area contributed by atoms with Crippen LogP contribution < -0.4 is 5.32 Å². The summed E-state index contributed by atoms with van der Waals surface area (Å²) in [7, 11) is -2.87. The number of benzene rings is 1. The van der Waals surface area contributed by atoms with Gasteiger partial charge in [-0.25, -0.2) is 0 Å². The van der Waals surface area contributed by atoms with Crippen LogP contribution in [0.25, 0.3) is 0 Å². The Labute approximate surface area is 187 Å². The Hall–Kier alpha value is -0.630. The van der Waals surface area contributed by atoms with Crippen molar-refractivity contribution < 1.29 is 9.09 Å². The monoisotopic (exact) mass is 437 g/mol. The average molecular weight is 438 g/mol. The molecule has 1 N–H and O–H groups in total. The van der Waals surface area contributed by atoms with Crippen LogP contribution in [0.15, 0.2) is 30.3 Å². The Bertz CT molecular complexity index is 651. The van der Waals surface area contributed by atoms with Gasteiger partial charge in [0.05, 0.1) is 11.9 Å². The second kappa shape index (κ2) is 10.8. The molecule has 0 fully saturated rings. The molecule has 0 heterocycles. The molecule has 2 atom stereocenters. The third kappa shape index (κ3) is 9.67. The Morgan fingerprint density at radius 2 is 1.47 bits per heavy atom. The minimum atomic E-state index is -2.87. The van der Waals surface area contributed by atoms with Crippen molar-refractivity contribution in [3.05, 3.63) is 35.9 Å². The molecular weight excluding hydrogens is 389 g/mol. The second-order valence-corrected chi connectivity index (χ2v) is 14.5. The van der Waals surface area contributed by atoms with Gasteiger partial charge in [0.25, 0.3) is 0 Å². The summed E-state index contributed by atoms with van der Waals surface area (Å²) in [6, 6.07) is 10.3. The summed E-state index contributed by atoms with van der Waals surface area (Å²) < 4.78 is 20.5. The Morgan fingerprint density at radius 1 is 0.933 bits per heavy atom. The van der Waals surface area contributed by atoms with E-state index in [0.29, 0.717) is 30.8 Å². The summed E-state index contributed by atoms with van der Waals surface area (Å²) in [5.41, 5.74) is 1.05. The third-order valence-electron chi connectivity index (χ3n) is 5.47. The molecule has 0 aliphatic heterocycles. The van der Waals surface area contributed by atoms with Crippen molar-refractivity contribution in [1.29, 1.82) is 0 Å². The molecule has 0 spiro atoms. The maximum atomic E-state index is 14.2. The molecule has 1 aromatic carbocycles. The van der Waals surface area contributed by atoms with Gasteiger partial charge in [0.2, 0.25) is 7.37 Å². The maximum Gasteiger partial charge on any atom is 0.217 e. The lowest BCUT2D eigenvalue weighted by molar-refractivity contribution is 0.0440. The molecule has 0 amide bonds. The van der Waals surface area contributed by atoms with E-state index in [1.165, 1.54) is 5.56 Å². The van der Waals surface area contributed by atoms with Gasteiger partial charge in [0.15, 0.2) is 0 Å². The molecule has 30 heavy (non-hydrogen) atoms. The summed E-state index contributed by atoms with van der Waals surface area (Å²) in [5, 5.41) is 3.44. The van der Waals surface area contributed by atoms with Crippen LogP contribution in [0.1, 0.15) is 87.6 Å². The Balaban J connectivity index is 3.12. The molecule has 0 saturated carbocycles. The van der Waals surface area contributed by atoms with Crippen molar-refractivity contribution in [2.24, 2.45) is 22.7 Å². The fraction of sp³-hybridized carbons (Fsp3) is 0.769. The molecule has 0 aliphatic rings. The summed E-state index contributed by atoms with van der Waals surface area (Å²) in [6.45, 7) is 22.9. The van der Waals surface area contributed by atoms with Crippen LogP contribution in [0.4, 0.5) is 0 Å². The number of nitrogens with one attached hydrogen (secondary N) is 1. The minimum Gasteiger partial charge on any atom is -0.322 e. The van der Waals surface area contributed by atoms with Crippen molar-refractivity contribution >= 4 is 7.37 Å². The Morgan fingerprint density at radius 3 is 1.90 bits per heavy atom. The van der Waals surface area contributed by atoms with Crippen molar-refractivity contribution in [3.63, 3.8) is 0 Å². The molecule has 4 heteroatoms. The van der Waals surface area contributed by atoms with E-state index in [1.54, 1.807) is 0 Å². The fourth-order valence-corrected chi connectivity index (χ4v) is 8.23. The lowest BCUT2D eigenvalue weighted by Gasteiger charge is -2.47. The van der Waals surface area contributed by atoms with Crippen molar-refractivity contribution in [2.45, 2.75) is 94.2 Å². The number of hydrogen-bond donors (Lipinski definition) is 1. The van der Waals surface area contributed by atoms with Gasteiger partial charge in [0, 0.05) is 12.7 Å². The first-order valence-corrected chi connectivity index (χ1v) is 13.6. The largest absolute Gasteiger partial charge is 0.322 e. The Kier molecular flexibility index (Phi) is 9.86. The first-order chi connectivity index (χ1) is 13.6. The third-order valence-corrected chi connectivity index (χ3v) is 8.09. The van der Waals surface area contributed by atoms with Gasteiger partial charge in [-0.05, 0) is 55.4 Å². The molecule has 0 aromatic heterocycles. The zero-order chi connectivity index (χ0) is 23.2. The molecule has 1 aromatic rings. The van der Waals surface area contributed by atoms with Gasteiger partial charge >= 0.3 is 0 Å². The van der Waals surface area contributed by atoms with Crippen molar-refractivity contribution in [2.75, 3.05) is 12.4 Å². The molecule has 2 unspecified atom stereocenters.